The monoisotopic (exact) mass is 358 g/mol. The van der Waals surface area contributed by atoms with Crippen molar-refractivity contribution in [1.82, 2.24) is 0 Å². The van der Waals surface area contributed by atoms with Crippen LogP contribution < -0.4 is 9.47 Å². The number of ether oxygens (including phenoxy) is 3. The molecule has 1 saturated heterocycles. The number of hydrogen-bond acceptors (Lipinski definition) is 4. The largest absolute Gasteiger partial charge is 0.490 e. The van der Waals surface area contributed by atoms with Crippen molar-refractivity contribution in [3.63, 3.8) is 0 Å². The lowest BCUT2D eigenvalue weighted by molar-refractivity contribution is 0.0531. The summed E-state index contributed by atoms with van der Waals surface area (Å²) >= 11 is 3.52. The molecule has 1 aliphatic heterocycles. The van der Waals surface area contributed by atoms with Crippen LogP contribution in [0.4, 0.5) is 0 Å². The molecule has 2 rings (SSSR count). The van der Waals surface area contributed by atoms with Crippen LogP contribution in [0.3, 0.4) is 0 Å². The van der Waals surface area contributed by atoms with Crippen molar-refractivity contribution >= 4 is 15.9 Å². The van der Waals surface area contributed by atoms with E-state index in [1.807, 2.05) is 26.0 Å². The minimum Gasteiger partial charge on any atom is -0.490 e. The molecule has 0 aromatic heterocycles. The molecule has 0 bridgehead atoms. The van der Waals surface area contributed by atoms with E-state index in [9.17, 15) is 5.11 Å². The predicted molar refractivity (Wildman–Crippen MR) is 85.0 cm³/mol. The Morgan fingerprint density at radius 3 is 2.52 bits per heavy atom. The second-order valence-electron chi connectivity index (χ2n) is 5.07. The highest BCUT2D eigenvalue weighted by molar-refractivity contribution is 9.10. The number of aliphatic hydroxyl groups is 1. The average molecular weight is 359 g/mol. The van der Waals surface area contributed by atoms with Gasteiger partial charge in [0.2, 0.25) is 0 Å². The summed E-state index contributed by atoms with van der Waals surface area (Å²) in [5.41, 5.74) is 0.817. The van der Waals surface area contributed by atoms with Gasteiger partial charge in [0.1, 0.15) is 0 Å². The maximum atomic E-state index is 10.5. The summed E-state index contributed by atoms with van der Waals surface area (Å²) in [5.74, 6) is 1.36. The van der Waals surface area contributed by atoms with E-state index in [4.69, 9.17) is 14.2 Å². The summed E-state index contributed by atoms with van der Waals surface area (Å²) in [6.07, 6.45) is 2.28. The highest BCUT2D eigenvalue weighted by Crippen LogP contribution is 2.38. The van der Waals surface area contributed by atoms with Gasteiger partial charge in [-0.25, -0.2) is 0 Å². The SMILES string of the molecule is CCOc1cc(Br)c(C(O)CC2CCCO2)cc1OCC. The lowest BCUT2D eigenvalue weighted by Gasteiger charge is -2.19. The highest BCUT2D eigenvalue weighted by Gasteiger charge is 2.23. The Kier molecular flexibility index (Phi) is 6.33. The zero-order valence-electron chi connectivity index (χ0n) is 12.6. The Morgan fingerprint density at radius 2 is 1.95 bits per heavy atom. The first-order valence-electron chi connectivity index (χ1n) is 7.54. The topological polar surface area (TPSA) is 47.9 Å². The minimum absolute atomic E-state index is 0.147. The normalized spacial score (nSPS) is 19.5. The van der Waals surface area contributed by atoms with Crippen LogP contribution in [0.5, 0.6) is 11.5 Å². The minimum atomic E-state index is -0.572. The molecule has 0 radical (unpaired) electrons. The van der Waals surface area contributed by atoms with Crippen LogP contribution in [0.2, 0.25) is 0 Å². The second kappa shape index (κ2) is 8.01. The molecule has 0 aliphatic carbocycles. The molecule has 0 amide bonds. The van der Waals surface area contributed by atoms with Crippen LogP contribution in [0.1, 0.15) is 44.8 Å². The Morgan fingerprint density at radius 1 is 1.29 bits per heavy atom. The number of hydrogen-bond donors (Lipinski definition) is 1. The summed E-state index contributed by atoms with van der Waals surface area (Å²) in [5, 5.41) is 10.5. The number of aliphatic hydroxyl groups excluding tert-OH is 1. The Balaban J connectivity index is 2.18. The molecule has 1 heterocycles. The van der Waals surface area contributed by atoms with Gasteiger partial charge in [0.15, 0.2) is 11.5 Å². The molecule has 1 fully saturated rings. The molecule has 118 valence electrons. The number of rotatable bonds is 7. The summed E-state index contributed by atoms with van der Waals surface area (Å²) in [6.45, 7) is 5.80. The molecule has 21 heavy (non-hydrogen) atoms. The van der Waals surface area contributed by atoms with Gasteiger partial charge in [0.05, 0.1) is 25.4 Å². The highest BCUT2D eigenvalue weighted by atomic mass is 79.9. The lowest BCUT2D eigenvalue weighted by atomic mass is 10.0. The average Bonchev–Trinajstić information content (AvgIpc) is 2.95. The molecule has 1 N–H and O–H groups in total. The van der Waals surface area contributed by atoms with Gasteiger partial charge in [-0.2, -0.15) is 0 Å². The van der Waals surface area contributed by atoms with Crippen molar-refractivity contribution in [2.24, 2.45) is 0 Å². The zero-order valence-corrected chi connectivity index (χ0v) is 14.2. The van der Waals surface area contributed by atoms with Crippen molar-refractivity contribution in [1.29, 1.82) is 0 Å². The van der Waals surface area contributed by atoms with Gasteiger partial charge in [0.25, 0.3) is 0 Å². The van der Waals surface area contributed by atoms with Crippen molar-refractivity contribution in [3.05, 3.63) is 22.2 Å². The first kappa shape index (κ1) is 16.6. The van der Waals surface area contributed by atoms with Gasteiger partial charge in [-0.15, -0.1) is 0 Å². The quantitative estimate of drug-likeness (QED) is 0.804. The molecular formula is C16H23BrO4. The Labute approximate surface area is 134 Å². The first-order chi connectivity index (χ1) is 10.2. The fourth-order valence-corrected chi connectivity index (χ4v) is 3.14. The van der Waals surface area contributed by atoms with Crippen LogP contribution >= 0.6 is 15.9 Å². The van der Waals surface area contributed by atoms with E-state index in [2.05, 4.69) is 15.9 Å². The molecule has 4 nitrogen and oxygen atoms in total. The molecule has 2 unspecified atom stereocenters. The molecule has 2 atom stereocenters. The summed E-state index contributed by atoms with van der Waals surface area (Å²) < 4.78 is 17.6. The van der Waals surface area contributed by atoms with Crippen LogP contribution in [-0.4, -0.2) is 31.0 Å². The fourth-order valence-electron chi connectivity index (χ4n) is 2.55. The third-order valence-electron chi connectivity index (χ3n) is 3.53. The van der Waals surface area contributed by atoms with E-state index in [0.29, 0.717) is 31.1 Å². The Bertz CT molecular complexity index is 458. The van der Waals surface area contributed by atoms with Gasteiger partial charge in [0, 0.05) is 17.5 Å². The van der Waals surface area contributed by atoms with Gasteiger partial charge >= 0.3 is 0 Å². The zero-order chi connectivity index (χ0) is 15.2. The summed E-state index contributed by atoms with van der Waals surface area (Å²) in [6, 6.07) is 3.72. The molecular weight excluding hydrogens is 336 g/mol. The Hall–Kier alpha value is -0.780. The molecule has 1 aliphatic rings. The van der Waals surface area contributed by atoms with E-state index < -0.39 is 6.10 Å². The van der Waals surface area contributed by atoms with E-state index >= 15 is 0 Å². The summed E-state index contributed by atoms with van der Waals surface area (Å²) in [4.78, 5) is 0. The van der Waals surface area contributed by atoms with Crippen LogP contribution in [-0.2, 0) is 4.74 Å². The van der Waals surface area contributed by atoms with Crippen LogP contribution in [0, 0.1) is 0 Å². The number of benzene rings is 1. The van der Waals surface area contributed by atoms with Gasteiger partial charge < -0.3 is 19.3 Å². The van der Waals surface area contributed by atoms with Crippen molar-refractivity contribution in [3.8, 4) is 11.5 Å². The molecule has 1 aromatic rings. The number of halogens is 1. The van der Waals surface area contributed by atoms with Crippen LogP contribution in [0.15, 0.2) is 16.6 Å². The van der Waals surface area contributed by atoms with E-state index in [0.717, 1.165) is 29.5 Å². The van der Waals surface area contributed by atoms with Gasteiger partial charge in [-0.1, -0.05) is 15.9 Å². The molecule has 5 heteroatoms. The third-order valence-corrected chi connectivity index (χ3v) is 4.22. The van der Waals surface area contributed by atoms with E-state index in [1.165, 1.54) is 0 Å². The van der Waals surface area contributed by atoms with Crippen molar-refractivity contribution < 1.29 is 19.3 Å². The molecule has 1 aromatic carbocycles. The maximum absolute atomic E-state index is 10.5. The molecule has 0 saturated carbocycles. The van der Waals surface area contributed by atoms with Gasteiger partial charge in [-0.3, -0.25) is 0 Å². The van der Waals surface area contributed by atoms with Crippen molar-refractivity contribution in [2.75, 3.05) is 19.8 Å². The van der Waals surface area contributed by atoms with Gasteiger partial charge in [-0.05, 0) is 44.4 Å². The smallest absolute Gasteiger partial charge is 0.162 e. The lowest BCUT2D eigenvalue weighted by Crippen LogP contribution is -2.12. The predicted octanol–water partition coefficient (Wildman–Crippen LogP) is 3.85. The van der Waals surface area contributed by atoms with E-state index in [-0.39, 0.29) is 6.10 Å². The summed E-state index contributed by atoms with van der Waals surface area (Å²) in [7, 11) is 0. The second-order valence-corrected chi connectivity index (χ2v) is 5.93. The van der Waals surface area contributed by atoms with Crippen LogP contribution in [0.25, 0.3) is 0 Å². The fraction of sp³-hybridized carbons (Fsp3) is 0.625. The van der Waals surface area contributed by atoms with E-state index in [1.54, 1.807) is 0 Å². The van der Waals surface area contributed by atoms with Crippen molar-refractivity contribution in [2.45, 2.75) is 45.3 Å². The maximum Gasteiger partial charge on any atom is 0.162 e. The standard InChI is InChI=1S/C16H23BrO4/c1-3-19-15-9-12(13(17)10-16(15)20-4-2)14(18)8-11-6-5-7-21-11/h9-11,14,18H,3-8H2,1-2H3. The third kappa shape index (κ3) is 4.34. The molecule has 0 spiro atoms. The first-order valence-corrected chi connectivity index (χ1v) is 8.33.